The number of amides is 1. The number of ether oxygens (including phenoxy) is 2. The Hall–Kier alpha value is -2.63. The monoisotopic (exact) mass is 657 g/mol. The molecule has 4 aliphatic rings. The van der Waals surface area contributed by atoms with E-state index < -0.39 is 28.3 Å². The lowest BCUT2D eigenvalue weighted by Crippen LogP contribution is -2.49. The van der Waals surface area contributed by atoms with Crippen LogP contribution >= 0.6 is 11.6 Å². The van der Waals surface area contributed by atoms with Gasteiger partial charge in [0.15, 0.2) is 0 Å². The lowest BCUT2D eigenvalue weighted by Gasteiger charge is -2.45. The number of hydrogen-bond acceptors (Lipinski definition) is 7. The number of benzene rings is 2. The van der Waals surface area contributed by atoms with Crippen molar-refractivity contribution in [2.45, 2.75) is 69.4 Å². The van der Waals surface area contributed by atoms with Crippen LogP contribution in [0, 0.1) is 11.8 Å². The van der Waals surface area contributed by atoms with Crippen LogP contribution in [0.3, 0.4) is 0 Å². The Balaban J connectivity index is 1.39. The molecule has 2 aromatic carbocycles. The van der Waals surface area contributed by atoms with E-state index in [-0.39, 0.29) is 29.4 Å². The zero-order valence-electron chi connectivity index (χ0n) is 26.1. The van der Waals surface area contributed by atoms with Gasteiger partial charge >= 0.3 is 10.2 Å². The Kier molecular flexibility index (Phi) is 9.51. The van der Waals surface area contributed by atoms with Crippen molar-refractivity contribution in [2.75, 3.05) is 44.9 Å². The summed E-state index contributed by atoms with van der Waals surface area (Å²) in [7, 11) is -2.60. The average molecular weight is 658 g/mol. The summed E-state index contributed by atoms with van der Waals surface area (Å²) in [6.45, 7) is 4.26. The van der Waals surface area contributed by atoms with Gasteiger partial charge in [-0.1, -0.05) is 29.8 Å². The van der Waals surface area contributed by atoms with E-state index in [0.717, 1.165) is 42.8 Å². The summed E-state index contributed by atoms with van der Waals surface area (Å²) in [4.78, 5) is 15.9. The Labute approximate surface area is 271 Å². The van der Waals surface area contributed by atoms with E-state index >= 15 is 0 Å². The molecule has 2 aliphatic heterocycles. The first-order valence-corrected chi connectivity index (χ1v) is 17.9. The molecule has 2 heterocycles. The molecule has 2 aliphatic carbocycles. The molecular formula is C34H44ClN3O6S. The molecule has 1 fully saturated rings. The quantitative estimate of drug-likeness (QED) is 0.357. The maximum Gasteiger partial charge on any atom is 0.304 e. The Bertz CT molecular complexity index is 1550. The van der Waals surface area contributed by atoms with Gasteiger partial charge in [0.1, 0.15) is 5.75 Å². The third-order valence-electron chi connectivity index (χ3n) is 10.2. The lowest BCUT2D eigenvalue weighted by molar-refractivity contribution is 0.0455. The second kappa shape index (κ2) is 13.2. The van der Waals surface area contributed by atoms with Crippen LogP contribution in [0.15, 0.2) is 48.6 Å². The van der Waals surface area contributed by atoms with Crippen molar-refractivity contribution in [1.82, 2.24) is 9.03 Å². The zero-order valence-corrected chi connectivity index (χ0v) is 27.7. The minimum Gasteiger partial charge on any atom is -0.490 e. The van der Waals surface area contributed by atoms with Gasteiger partial charge in [-0.05, 0) is 105 Å². The van der Waals surface area contributed by atoms with E-state index in [4.69, 9.17) is 21.1 Å². The number of anilines is 1. The maximum atomic E-state index is 13.6. The molecule has 6 rings (SSSR count). The Morgan fingerprint density at radius 1 is 1.20 bits per heavy atom. The number of aliphatic hydroxyl groups is 1. The molecule has 5 atom stereocenters. The van der Waals surface area contributed by atoms with Gasteiger partial charge in [-0.25, -0.2) is 4.72 Å². The molecular weight excluding hydrogens is 614 g/mol. The number of aliphatic hydroxyl groups excluding tert-OH is 1. The lowest BCUT2D eigenvalue weighted by atomic mass is 9.68. The van der Waals surface area contributed by atoms with Gasteiger partial charge in [0.2, 0.25) is 0 Å². The highest BCUT2D eigenvalue weighted by Crippen LogP contribution is 2.46. The molecule has 2 bridgehead atoms. The van der Waals surface area contributed by atoms with Gasteiger partial charge in [-0.3, -0.25) is 4.79 Å². The summed E-state index contributed by atoms with van der Waals surface area (Å²) in [6.07, 6.45) is 8.82. The summed E-state index contributed by atoms with van der Waals surface area (Å²) in [6, 6.07) is 10.9. The van der Waals surface area contributed by atoms with Crippen LogP contribution < -0.4 is 14.4 Å². The number of hydrogen-bond donors (Lipinski definition) is 2. The highest BCUT2D eigenvalue weighted by Gasteiger charge is 2.44. The van der Waals surface area contributed by atoms with Crippen molar-refractivity contribution in [3.8, 4) is 5.75 Å². The van der Waals surface area contributed by atoms with E-state index in [1.165, 1.54) is 15.4 Å². The standard InChI is InChI=1S/C34H44ClN3O6S/c1-23-6-3-8-31(39)28-12-9-26(28)20-37-21-34(15-4-7-24-18-27(35)11-13-29(24)34)22-44-32-14-10-25(19-30(32)37)33(40)36-45(41,42)38(23)16-5-17-43-2/h3,8,10-11,13-14,18-19,23,26,28,31,39H,4-7,9,12,15-17,20-22H2,1-2H3,(H,36,40)/b8-3+/t23-,26-,28+,31-,34-/m0/s1. The third-order valence-corrected chi connectivity index (χ3v) is 12.1. The van der Waals surface area contributed by atoms with Crippen molar-refractivity contribution in [3.63, 3.8) is 0 Å². The Morgan fingerprint density at radius 3 is 2.82 bits per heavy atom. The van der Waals surface area contributed by atoms with Crippen LogP contribution in [0.1, 0.15) is 66.9 Å². The molecule has 0 unspecified atom stereocenters. The number of nitrogens with one attached hydrogen (secondary N) is 1. The molecule has 11 heteroatoms. The van der Waals surface area contributed by atoms with E-state index in [2.05, 4.69) is 21.8 Å². The topological polar surface area (TPSA) is 108 Å². The van der Waals surface area contributed by atoms with Gasteiger partial charge in [0, 0.05) is 55.4 Å². The van der Waals surface area contributed by atoms with Gasteiger partial charge in [-0.15, -0.1) is 0 Å². The van der Waals surface area contributed by atoms with Crippen molar-refractivity contribution < 1.29 is 27.8 Å². The largest absolute Gasteiger partial charge is 0.490 e. The fourth-order valence-electron chi connectivity index (χ4n) is 7.66. The van der Waals surface area contributed by atoms with E-state index in [9.17, 15) is 18.3 Å². The molecule has 9 nitrogen and oxygen atoms in total. The third kappa shape index (κ3) is 6.63. The molecule has 0 aromatic heterocycles. The average Bonchev–Trinajstić information content (AvgIpc) is 3.13. The summed E-state index contributed by atoms with van der Waals surface area (Å²) in [5.41, 5.74) is 3.23. The zero-order chi connectivity index (χ0) is 31.8. The molecule has 0 saturated heterocycles. The summed E-state index contributed by atoms with van der Waals surface area (Å²) >= 11 is 6.40. The van der Waals surface area contributed by atoms with E-state index in [1.807, 2.05) is 25.1 Å². The highest BCUT2D eigenvalue weighted by atomic mass is 35.5. The number of carbonyl (C=O) groups is 1. The van der Waals surface area contributed by atoms with Crippen LogP contribution in [-0.4, -0.2) is 75.8 Å². The molecule has 45 heavy (non-hydrogen) atoms. The number of methoxy groups -OCH3 is 1. The van der Waals surface area contributed by atoms with Crippen molar-refractivity contribution in [3.05, 3.63) is 70.3 Å². The summed E-state index contributed by atoms with van der Waals surface area (Å²) in [5, 5.41) is 12.0. The molecule has 2 aromatic rings. The van der Waals surface area contributed by atoms with Crippen LogP contribution in [0.5, 0.6) is 5.75 Å². The van der Waals surface area contributed by atoms with Crippen LogP contribution in [0.2, 0.25) is 5.02 Å². The van der Waals surface area contributed by atoms with E-state index in [1.54, 1.807) is 25.3 Å². The Morgan fingerprint density at radius 2 is 2.04 bits per heavy atom. The number of rotatable bonds is 4. The minimum absolute atomic E-state index is 0.0958. The van der Waals surface area contributed by atoms with Gasteiger partial charge in [-0.2, -0.15) is 12.7 Å². The molecule has 1 amide bonds. The first kappa shape index (κ1) is 32.3. The number of aryl methyl sites for hydroxylation is 1. The minimum atomic E-state index is -4.18. The number of carbonyl (C=O) groups excluding carboxylic acids is 1. The van der Waals surface area contributed by atoms with E-state index in [0.29, 0.717) is 44.9 Å². The molecule has 0 radical (unpaired) electrons. The SMILES string of the molecule is COCCCN1[C@@H](C)C/C=C/[C@H](O)[C@@H]2CC[C@H]2CN2C[C@@]3(CCCc4cc(Cl)ccc43)COc3ccc(cc32)C(=O)NS1(=O)=O. The van der Waals surface area contributed by atoms with Crippen molar-refractivity contribution in [2.24, 2.45) is 11.8 Å². The molecule has 244 valence electrons. The van der Waals surface area contributed by atoms with Gasteiger partial charge < -0.3 is 19.5 Å². The van der Waals surface area contributed by atoms with Crippen molar-refractivity contribution in [1.29, 1.82) is 0 Å². The molecule has 2 N–H and O–H groups in total. The molecule has 1 spiro atoms. The van der Waals surface area contributed by atoms with Crippen LogP contribution in [0.4, 0.5) is 5.69 Å². The second-order valence-electron chi connectivity index (χ2n) is 13.2. The van der Waals surface area contributed by atoms with Gasteiger partial charge in [0.25, 0.3) is 5.91 Å². The summed E-state index contributed by atoms with van der Waals surface area (Å²) < 4.78 is 42.6. The van der Waals surface area contributed by atoms with Crippen LogP contribution in [-0.2, 0) is 26.8 Å². The highest BCUT2D eigenvalue weighted by molar-refractivity contribution is 7.87. The fraction of sp³-hybridized carbons (Fsp3) is 0.559. The second-order valence-corrected chi connectivity index (χ2v) is 15.2. The van der Waals surface area contributed by atoms with Crippen LogP contribution in [0.25, 0.3) is 0 Å². The smallest absolute Gasteiger partial charge is 0.304 e. The van der Waals surface area contributed by atoms with Gasteiger partial charge in [0.05, 0.1) is 18.4 Å². The first-order valence-electron chi connectivity index (χ1n) is 16.1. The first-order chi connectivity index (χ1) is 21.6. The summed E-state index contributed by atoms with van der Waals surface area (Å²) in [5.74, 6) is 0.339. The maximum absolute atomic E-state index is 13.6. The predicted molar refractivity (Wildman–Crippen MR) is 175 cm³/mol. The molecule has 1 saturated carbocycles. The number of fused-ring (bicyclic) bond motifs is 4. The number of nitrogens with zero attached hydrogens (tertiary/aromatic N) is 2. The van der Waals surface area contributed by atoms with Crippen molar-refractivity contribution >= 4 is 33.4 Å². The normalized spacial score (nSPS) is 30.7. The number of halogens is 1. The fourth-order valence-corrected chi connectivity index (χ4v) is 9.25. The predicted octanol–water partition coefficient (Wildman–Crippen LogP) is 4.86.